The van der Waals surface area contributed by atoms with E-state index in [4.69, 9.17) is 5.11 Å². The molecule has 1 saturated heterocycles. The number of sulfone groups is 1. The number of hydrogen-bond donors (Lipinski definition) is 1. The van der Waals surface area contributed by atoms with Crippen LogP contribution >= 0.6 is 0 Å². The smallest absolute Gasteiger partial charge is 0.243 e. The van der Waals surface area contributed by atoms with E-state index in [0.29, 0.717) is 6.42 Å². The van der Waals surface area contributed by atoms with Gasteiger partial charge in [0.25, 0.3) is 0 Å². The molecule has 0 amide bonds. The predicted octanol–water partition coefficient (Wildman–Crippen LogP) is -0.360. The summed E-state index contributed by atoms with van der Waals surface area (Å²) in [7, 11) is -6.74. The highest BCUT2D eigenvalue weighted by atomic mass is 32.2. The standard InChI is InChI=1S/C12H17NO5S2/c14-8-5-11-1-3-12(4-2-11)20(17,18)13-6-9-19(15,16)10-7-13/h1-4,14H,5-10H2. The zero-order valence-electron chi connectivity index (χ0n) is 10.9. The van der Waals surface area contributed by atoms with E-state index in [1.54, 1.807) is 12.1 Å². The van der Waals surface area contributed by atoms with Gasteiger partial charge >= 0.3 is 0 Å². The minimum Gasteiger partial charge on any atom is -0.396 e. The van der Waals surface area contributed by atoms with Crippen LogP contribution in [0, 0.1) is 0 Å². The third-order valence-electron chi connectivity index (χ3n) is 3.26. The molecule has 20 heavy (non-hydrogen) atoms. The molecule has 1 fully saturated rings. The van der Waals surface area contributed by atoms with Crippen molar-refractivity contribution in [2.75, 3.05) is 31.2 Å². The van der Waals surface area contributed by atoms with Crippen LogP contribution in [0.4, 0.5) is 0 Å². The average molecular weight is 319 g/mol. The van der Waals surface area contributed by atoms with E-state index in [-0.39, 0.29) is 36.1 Å². The first-order valence-corrected chi connectivity index (χ1v) is 9.52. The van der Waals surface area contributed by atoms with E-state index in [0.717, 1.165) is 5.56 Å². The number of nitrogens with zero attached hydrogens (tertiary/aromatic N) is 1. The molecule has 1 aliphatic rings. The minimum absolute atomic E-state index is 0.00303. The van der Waals surface area contributed by atoms with Crippen LogP contribution in [-0.4, -0.2) is 57.4 Å². The first-order valence-electron chi connectivity index (χ1n) is 6.25. The number of hydrogen-bond acceptors (Lipinski definition) is 5. The van der Waals surface area contributed by atoms with Gasteiger partial charge in [-0.3, -0.25) is 0 Å². The predicted molar refractivity (Wildman–Crippen MR) is 74.6 cm³/mol. The first-order chi connectivity index (χ1) is 9.35. The van der Waals surface area contributed by atoms with E-state index in [9.17, 15) is 16.8 Å². The quantitative estimate of drug-likeness (QED) is 0.818. The normalized spacial score (nSPS) is 19.9. The van der Waals surface area contributed by atoms with Crippen LogP contribution < -0.4 is 0 Å². The maximum Gasteiger partial charge on any atom is 0.243 e. The van der Waals surface area contributed by atoms with Crippen molar-refractivity contribution < 1.29 is 21.9 Å². The molecule has 1 N–H and O–H groups in total. The Bertz CT molecular complexity index is 650. The Morgan fingerprint density at radius 3 is 2.15 bits per heavy atom. The van der Waals surface area contributed by atoms with Gasteiger partial charge in [0, 0.05) is 19.7 Å². The third-order valence-corrected chi connectivity index (χ3v) is 6.79. The van der Waals surface area contributed by atoms with Crippen molar-refractivity contribution in [1.82, 2.24) is 4.31 Å². The van der Waals surface area contributed by atoms with E-state index >= 15 is 0 Å². The Morgan fingerprint density at radius 2 is 1.65 bits per heavy atom. The van der Waals surface area contributed by atoms with E-state index in [1.807, 2.05) is 0 Å². The van der Waals surface area contributed by atoms with Gasteiger partial charge in [-0.25, -0.2) is 16.8 Å². The van der Waals surface area contributed by atoms with E-state index < -0.39 is 19.9 Å². The Morgan fingerprint density at radius 1 is 1.10 bits per heavy atom. The number of benzene rings is 1. The summed E-state index contributed by atoms with van der Waals surface area (Å²) in [5.41, 5.74) is 0.854. The summed E-state index contributed by atoms with van der Waals surface area (Å²) >= 11 is 0. The molecule has 1 aromatic carbocycles. The number of aliphatic hydroxyl groups excluding tert-OH is 1. The summed E-state index contributed by atoms with van der Waals surface area (Å²) in [6, 6.07) is 6.29. The molecule has 1 aromatic rings. The molecular formula is C12H17NO5S2. The highest BCUT2D eigenvalue weighted by Gasteiger charge is 2.30. The molecule has 1 aliphatic heterocycles. The second-order valence-corrected chi connectivity index (χ2v) is 8.92. The topological polar surface area (TPSA) is 91.8 Å². The molecule has 0 saturated carbocycles. The fourth-order valence-electron chi connectivity index (χ4n) is 2.04. The van der Waals surface area contributed by atoms with Gasteiger partial charge in [-0.1, -0.05) is 12.1 Å². The lowest BCUT2D eigenvalue weighted by molar-refractivity contribution is 0.299. The molecule has 1 heterocycles. The van der Waals surface area contributed by atoms with Crippen LogP contribution in [0.1, 0.15) is 5.56 Å². The Labute approximate surface area is 119 Å². The molecule has 0 unspecified atom stereocenters. The van der Waals surface area contributed by atoms with Crippen LogP contribution in [0.5, 0.6) is 0 Å². The molecule has 8 heteroatoms. The number of aliphatic hydroxyl groups is 1. The molecular weight excluding hydrogens is 302 g/mol. The monoisotopic (exact) mass is 319 g/mol. The molecule has 0 aromatic heterocycles. The molecule has 0 bridgehead atoms. The largest absolute Gasteiger partial charge is 0.396 e. The second-order valence-electron chi connectivity index (χ2n) is 4.67. The zero-order valence-corrected chi connectivity index (χ0v) is 12.5. The van der Waals surface area contributed by atoms with Gasteiger partial charge in [-0.15, -0.1) is 0 Å². The van der Waals surface area contributed by atoms with Crippen molar-refractivity contribution in [3.05, 3.63) is 29.8 Å². The van der Waals surface area contributed by atoms with Gasteiger partial charge in [0.2, 0.25) is 10.0 Å². The van der Waals surface area contributed by atoms with Crippen LogP contribution in [0.3, 0.4) is 0 Å². The van der Waals surface area contributed by atoms with Gasteiger partial charge < -0.3 is 5.11 Å². The van der Waals surface area contributed by atoms with Crippen LogP contribution in [0.15, 0.2) is 29.2 Å². The summed E-state index contributed by atoms with van der Waals surface area (Å²) in [5.74, 6) is -0.260. The van der Waals surface area contributed by atoms with Crippen molar-refractivity contribution in [3.8, 4) is 0 Å². The van der Waals surface area contributed by atoms with Crippen LogP contribution in [0.25, 0.3) is 0 Å². The maximum atomic E-state index is 12.3. The van der Waals surface area contributed by atoms with Crippen molar-refractivity contribution >= 4 is 19.9 Å². The fraction of sp³-hybridized carbons (Fsp3) is 0.500. The summed E-state index contributed by atoms with van der Waals surface area (Å²) < 4.78 is 48.6. The first kappa shape index (κ1) is 15.4. The summed E-state index contributed by atoms with van der Waals surface area (Å²) in [6.07, 6.45) is 0.474. The van der Waals surface area contributed by atoms with Crippen molar-refractivity contribution in [1.29, 1.82) is 0 Å². The lowest BCUT2D eigenvalue weighted by atomic mass is 10.2. The highest BCUT2D eigenvalue weighted by molar-refractivity contribution is 7.92. The Hall–Kier alpha value is -0.960. The molecule has 0 aliphatic carbocycles. The number of sulfonamides is 1. The third kappa shape index (κ3) is 3.38. The second kappa shape index (κ2) is 5.80. The van der Waals surface area contributed by atoms with Gasteiger partial charge in [-0.05, 0) is 24.1 Å². The Kier molecular flexibility index (Phi) is 4.48. The highest BCUT2D eigenvalue weighted by Crippen LogP contribution is 2.19. The summed E-state index contributed by atoms with van der Waals surface area (Å²) in [4.78, 5) is 0.151. The van der Waals surface area contributed by atoms with Crippen molar-refractivity contribution in [2.24, 2.45) is 0 Å². The summed E-state index contributed by atoms with van der Waals surface area (Å²) in [6.45, 7) is 0.0161. The van der Waals surface area contributed by atoms with Crippen LogP contribution in [0.2, 0.25) is 0 Å². The van der Waals surface area contributed by atoms with Crippen LogP contribution in [-0.2, 0) is 26.3 Å². The lowest BCUT2D eigenvalue weighted by Gasteiger charge is -2.26. The van der Waals surface area contributed by atoms with Crippen molar-refractivity contribution in [2.45, 2.75) is 11.3 Å². The average Bonchev–Trinajstić information content (AvgIpc) is 2.39. The molecule has 2 rings (SSSR count). The number of rotatable bonds is 4. The lowest BCUT2D eigenvalue weighted by Crippen LogP contribution is -2.43. The van der Waals surface area contributed by atoms with E-state index in [2.05, 4.69) is 0 Å². The van der Waals surface area contributed by atoms with E-state index in [1.165, 1.54) is 16.4 Å². The van der Waals surface area contributed by atoms with Gasteiger partial charge in [0.1, 0.15) is 0 Å². The minimum atomic E-state index is -3.64. The van der Waals surface area contributed by atoms with Crippen molar-refractivity contribution in [3.63, 3.8) is 0 Å². The fourth-order valence-corrected chi connectivity index (χ4v) is 4.92. The van der Waals surface area contributed by atoms with Gasteiger partial charge in [0.05, 0.1) is 16.4 Å². The Balaban J connectivity index is 2.18. The molecule has 0 spiro atoms. The zero-order chi connectivity index (χ0) is 14.8. The molecule has 6 nitrogen and oxygen atoms in total. The molecule has 0 radical (unpaired) electrons. The molecule has 112 valence electrons. The maximum absolute atomic E-state index is 12.3. The molecule has 0 atom stereocenters. The van der Waals surface area contributed by atoms with Gasteiger partial charge in [-0.2, -0.15) is 4.31 Å². The SMILES string of the molecule is O=S1(=O)CCN(S(=O)(=O)c2ccc(CCO)cc2)CC1. The summed E-state index contributed by atoms with van der Waals surface area (Å²) in [5, 5.41) is 8.82. The van der Waals surface area contributed by atoms with Gasteiger partial charge in [0.15, 0.2) is 9.84 Å².